The van der Waals surface area contributed by atoms with Crippen molar-refractivity contribution in [3.63, 3.8) is 0 Å². The van der Waals surface area contributed by atoms with Gasteiger partial charge in [-0.1, -0.05) is 66.7 Å². The number of hydrogen-bond donors (Lipinski definition) is 1. The van der Waals surface area contributed by atoms with Crippen LogP contribution in [0.1, 0.15) is 23.1 Å². The molecule has 10 heteroatoms. The van der Waals surface area contributed by atoms with E-state index in [-0.39, 0.29) is 33.6 Å². The topological polar surface area (TPSA) is 68.9 Å². The Morgan fingerprint density at radius 2 is 1.48 bits per heavy atom. The summed E-state index contributed by atoms with van der Waals surface area (Å²) < 4.78 is 73.9. The first-order valence-corrected chi connectivity index (χ1v) is 15.9. The van der Waals surface area contributed by atoms with E-state index in [1.807, 2.05) is 60.0 Å². The minimum absolute atomic E-state index is 0.0243. The summed E-state index contributed by atoms with van der Waals surface area (Å²) >= 11 is 0. The number of benzene rings is 4. The summed E-state index contributed by atoms with van der Waals surface area (Å²) in [6, 6.07) is 26.1. The molecule has 2 heterocycles. The van der Waals surface area contributed by atoms with Crippen LogP contribution >= 0.6 is 0 Å². The molecule has 0 saturated carbocycles. The van der Waals surface area contributed by atoms with E-state index in [1.54, 1.807) is 24.3 Å². The van der Waals surface area contributed by atoms with Crippen molar-refractivity contribution in [3.05, 3.63) is 119 Å². The molecular weight excluding hydrogens is 585 g/mol. The van der Waals surface area contributed by atoms with Crippen LogP contribution in [0, 0.1) is 18.7 Å². The van der Waals surface area contributed by atoms with E-state index in [0.717, 1.165) is 29.7 Å². The molecule has 0 atom stereocenters. The number of halogens is 3. The molecule has 0 radical (unpaired) electrons. The van der Waals surface area contributed by atoms with Gasteiger partial charge in [-0.05, 0) is 73.8 Å². The highest BCUT2D eigenvalue weighted by atomic mass is 32.2. The van der Waals surface area contributed by atoms with E-state index < -0.39 is 21.8 Å². The van der Waals surface area contributed by atoms with Crippen molar-refractivity contribution >= 4 is 31.8 Å². The van der Waals surface area contributed by atoms with Crippen molar-refractivity contribution in [2.45, 2.75) is 31.2 Å². The van der Waals surface area contributed by atoms with E-state index in [9.17, 15) is 12.8 Å². The van der Waals surface area contributed by atoms with Crippen molar-refractivity contribution in [1.29, 1.82) is 0 Å². The molecule has 226 valence electrons. The SMILES string of the molecule is Cc1ccccc1-c1c(F)c2c3c(F)nn(S(=O)(=O)c4ccccc4)c3ccc2n1Cc1ccc(CCNCCCF)cc1. The summed E-state index contributed by atoms with van der Waals surface area (Å²) in [4.78, 5) is -0.0536. The Bertz CT molecular complexity index is 2050. The molecular formula is C34H31F3N4O2S. The zero-order valence-electron chi connectivity index (χ0n) is 24.1. The fourth-order valence-corrected chi connectivity index (χ4v) is 6.91. The van der Waals surface area contributed by atoms with E-state index in [4.69, 9.17) is 0 Å². The second-order valence-corrected chi connectivity index (χ2v) is 12.5. The predicted molar refractivity (Wildman–Crippen MR) is 167 cm³/mol. The van der Waals surface area contributed by atoms with Crippen LogP contribution in [-0.4, -0.2) is 41.9 Å². The highest BCUT2D eigenvalue weighted by Crippen LogP contribution is 2.39. The highest BCUT2D eigenvalue weighted by Gasteiger charge is 2.29. The fourth-order valence-electron chi connectivity index (χ4n) is 5.62. The van der Waals surface area contributed by atoms with E-state index in [0.29, 0.717) is 34.7 Å². The van der Waals surface area contributed by atoms with E-state index in [1.165, 1.54) is 18.2 Å². The minimum Gasteiger partial charge on any atom is -0.333 e. The lowest BCUT2D eigenvalue weighted by atomic mass is 10.0. The van der Waals surface area contributed by atoms with Gasteiger partial charge in [-0.3, -0.25) is 4.39 Å². The number of rotatable bonds is 11. The van der Waals surface area contributed by atoms with Gasteiger partial charge in [0.05, 0.1) is 39.1 Å². The summed E-state index contributed by atoms with van der Waals surface area (Å²) in [7, 11) is -4.24. The molecule has 0 bridgehead atoms. The second kappa shape index (κ2) is 12.3. The lowest BCUT2D eigenvalue weighted by molar-refractivity contribution is 0.460. The molecule has 44 heavy (non-hydrogen) atoms. The molecule has 6 aromatic rings. The Morgan fingerprint density at radius 3 is 2.20 bits per heavy atom. The molecule has 0 unspecified atom stereocenters. The quantitative estimate of drug-likeness (QED) is 0.159. The van der Waals surface area contributed by atoms with Gasteiger partial charge >= 0.3 is 0 Å². The van der Waals surface area contributed by atoms with Crippen LogP contribution in [0.4, 0.5) is 13.2 Å². The molecule has 0 aliphatic carbocycles. The highest BCUT2D eigenvalue weighted by molar-refractivity contribution is 7.90. The van der Waals surface area contributed by atoms with Crippen molar-refractivity contribution in [2.75, 3.05) is 19.8 Å². The van der Waals surface area contributed by atoms with Crippen molar-refractivity contribution in [1.82, 2.24) is 19.1 Å². The maximum atomic E-state index is 16.7. The lowest BCUT2D eigenvalue weighted by Crippen LogP contribution is -2.18. The number of hydrogen-bond acceptors (Lipinski definition) is 4. The fraction of sp³-hybridized carbons (Fsp3) is 0.206. The van der Waals surface area contributed by atoms with Crippen LogP contribution < -0.4 is 5.32 Å². The predicted octanol–water partition coefficient (Wildman–Crippen LogP) is 7.02. The Morgan fingerprint density at radius 1 is 0.795 bits per heavy atom. The molecule has 0 aliphatic heterocycles. The molecule has 0 amide bonds. The number of aryl methyl sites for hydroxylation is 1. The molecule has 2 aromatic heterocycles. The Hall–Kier alpha value is -4.41. The first-order valence-electron chi connectivity index (χ1n) is 14.4. The average Bonchev–Trinajstić information content (AvgIpc) is 3.52. The number of nitrogens with zero attached hydrogens (tertiary/aromatic N) is 3. The first kappa shape index (κ1) is 29.7. The Labute approximate surface area is 253 Å². The number of nitrogens with one attached hydrogen (secondary N) is 1. The monoisotopic (exact) mass is 616 g/mol. The number of fused-ring (bicyclic) bond motifs is 3. The van der Waals surface area contributed by atoms with Gasteiger partial charge in [0.1, 0.15) is 0 Å². The minimum atomic E-state index is -4.24. The van der Waals surface area contributed by atoms with Crippen LogP contribution in [0.15, 0.2) is 95.9 Å². The summed E-state index contributed by atoms with van der Waals surface area (Å²) in [6.07, 6.45) is 1.28. The average molecular weight is 617 g/mol. The maximum Gasteiger partial charge on any atom is 0.283 e. The van der Waals surface area contributed by atoms with Gasteiger partial charge in [-0.15, -0.1) is 5.10 Å². The smallest absolute Gasteiger partial charge is 0.283 e. The van der Waals surface area contributed by atoms with Crippen molar-refractivity contribution in [2.24, 2.45) is 0 Å². The normalized spacial score (nSPS) is 12.0. The van der Waals surface area contributed by atoms with Gasteiger partial charge in [0.15, 0.2) is 5.82 Å². The largest absolute Gasteiger partial charge is 0.333 e. The van der Waals surface area contributed by atoms with Gasteiger partial charge in [0.2, 0.25) is 5.95 Å². The number of alkyl halides is 1. The van der Waals surface area contributed by atoms with Gasteiger partial charge in [0, 0.05) is 12.1 Å². The molecule has 6 rings (SSSR count). The van der Waals surface area contributed by atoms with Crippen LogP contribution in [0.5, 0.6) is 0 Å². The third-order valence-corrected chi connectivity index (χ3v) is 9.45. The zero-order chi connectivity index (χ0) is 30.8. The first-order chi connectivity index (χ1) is 21.3. The van der Waals surface area contributed by atoms with Crippen molar-refractivity contribution < 1.29 is 21.6 Å². The second-order valence-electron chi connectivity index (χ2n) is 10.7. The van der Waals surface area contributed by atoms with Gasteiger partial charge in [-0.2, -0.15) is 16.9 Å². The maximum absolute atomic E-state index is 16.7. The van der Waals surface area contributed by atoms with Gasteiger partial charge in [-0.25, -0.2) is 4.39 Å². The summed E-state index contributed by atoms with van der Waals surface area (Å²) in [6.45, 7) is 3.21. The molecule has 0 spiro atoms. The molecule has 6 nitrogen and oxygen atoms in total. The molecule has 1 N–H and O–H groups in total. The molecule has 0 saturated heterocycles. The van der Waals surface area contributed by atoms with Crippen LogP contribution in [0.2, 0.25) is 0 Å². The standard InChI is InChI=1S/C34H31F3N4O2S/c1-23-8-5-6-11-27(23)33-32(36)30-28(40(33)22-25-14-12-24(13-15-25)18-21-38-20-7-19-35)16-17-29-31(30)34(37)39-41(29)44(42,43)26-9-3-2-4-10-26/h2-6,8-17,38H,7,18-22H2,1H3. The Kier molecular flexibility index (Phi) is 8.29. The molecule has 0 fully saturated rings. The third kappa shape index (κ3) is 5.39. The number of aromatic nitrogens is 3. The lowest BCUT2D eigenvalue weighted by Gasteiger charge is -2.14. The summed E-state index contributed by atoms with van der Waals surface area (Å²) in [5.41, 5.74) is 4.17. The van der Waals surface area contributed by atoms with Crippen LogP contribution in [0.25, 0.3) is 33.1 Å². The van der Waals surface area contributed by atoms with Crippen molar-refractivity contribution in [3.8, 4) is 11.3 Å². The van der Waals surface area contributed by atoms with Crippen LogP contribution in [0.3, 0.4) is 0 Å². The molecule has 4 aromatic carbocycles. The van der Waals surface area contributed by atoms with E-state index >= 15 is 8.78 Å². The van der Waals surface area contributed by atoms with E-state index in [2.05, 4.69) is 10.4 Å². The summed E-state index contributed by atoms with van der Waals surface area (Å²) in [5, 5.41) is 6.76. The van der Waals surface area contributed by atoms with Gasteiger partial charge < -0.3 is 9.88 Å². The zero-order valence-corrected chi connectivity index (χ0v) is 24.9. The third-order valence-electron chi connectivity index (χ3n) is 7.85. The van der Waals surface area contributed by atoms with Crippen LogP contribution in [-0.2, 0) is 23.0 Å². The van der Waals surface area contributed by atoms with Gasteiger partial charge in [0.25, 0.3) is 10.0 Å². The summed E-state index contributed by atoms with van der Waals surface area (Å²) in [5.74, 6) is -1.71. The molecule has 0 aliphatic rings. The Balaban J connectivity index is 1.47.